The first-order chi connectivity index (χ1) is 12.2. The van der Waals surface area contributed by atoms with E-state index in [1.807, 2.05) is 17.0 Å². The lowest BCUT2D eigenvalue weighted by Gasteiger charge is -2.32. The van der Waals surface area contributed by atoms with Crippen molar-refractivity contribution in [2.45, 2.75) is 12.8 Å². The highest BCUT2D eigenvalue weighted by atomic mass is 16.2. The van der Waals surface area contributed by atoms with Crippen LogP contribution >= 0.6 is 0 Å². The summed E-state index contributed by atoms with van der Waals surface area (Å²) in [4.78, 5) is 21.0. The first-order valence-corrected chi connectivity index (χ1v) is 8.93. The van der Waals surface area contributed by atoms with Crippen molar-refractivity contribution in [3.8, 4) is 0 Å². The number of carbonyl (C=O) groups excluding carboxylic acids is 1. The highest BCUT2D eigenvalue weighted by molar-refractivity contribution is 5.94. The van der Waals surface area contributed by atoms with Crippen molar-refractivity contribution >= 4 is 11.6 Å². The third-order valence-electron chi connectivity index (χ3n) is 4.59. The van der Waals surface area contributed by atoms with Gasteiger partial charge < -0.3 is 15.1 Å². The Kier molecular flexibility index (Phi) is 6.01. The third kappa shape index (κ3) is 5.03. The van der Waals surface area contributed by atoms with Gasteiger partial charge in [0.2, 0.25) is 0 Å². The van der Waals surface area contributed by atoms with Gasteiger partial charge >= 0.3 is 0 Å². The molecule has 1 aliphatic heterocycles. The maximum absolute atomic E-state index is 12.6. The van der Waals surface area contributed by atoms with Gasteiger partial charge in [0.05, 0.1) is 11.3 Å². The number of anilines is 1. The molecule has 0 atom stereocenters. The van der Waals surface area contributed by atoms with E-state index in [0.29, 0.717) is 5.56 Å². The average molecular weight is 338 g/mol. The molecular formula is C20H26N4O. The lowest BCUT2D eigenvalue weighted by Crippen LogP contribution is -2.47. The summed E-state index contributed by atoms with van der Waals surface area (Å²) in [5.41, 5.74) is 2.92. The predicted octanol–water partition coefficient (Wildman–Crippen LogP) is 2.51. The number of likely N-dealkylation sites (N-methyl/N-ethyl adjacent to an activating group) is 1. The summed E-state index contributed by atoms with van der Waals surface area (Å²) in [6.45, 7) is 4.28. The van der Waals surface area contributed by atoms with Gasteiger partial charge in [-0.1, -0.05) is 30.3 Å². The van der Waals surface area contributed by atoms with Crippen molar-refractivity contribution < 1.29 is 4.79 Å². The summed E-state index contributed by atoms with van der Waals surface area (Å²) in [5.74, 6) is 0.0773. The summed E-state index contributed by atoms with van der Waals surface area (Å²) >= 11 is 0. The van der Waals surface area contributed by atoms with Gasteiger partial charge in [-0.25, -0.2) is 0 Å². The van der Waals surface area contributed by atoms with Crippen LogP contribution in [0, 0.1) is 0 Å². The first-order valence-electron chi connectivity index (χ1n) is 8.93. The summed E-state index contributed by atoms with van der Waals surface area (Å²) < 4.78 is 0. The van der Waals surface area contributed by atoms with Gasteiger partial charge in [0.1, 0.15) is 0 Å². The predicted molar refractivity (Wildman–Crippen MR) is 101 cm³/mol. The standard InChI is InChI=1S/C20H26N4O/c1-23-10-12-24(13-11-23)20(25)18-14-19(16-21-15-18)22-9-5-8-17-6-3-2-4-7-17/h2-4,6-7,14-16,22H,5,8-13H2,1H3. The molecule has 5 heteroatoms. The van der Waals surface area contributed by atoms with Gasteiger partial charge in [0.25, 0.3) is 5.91 Å². The van der Waals surface area contributed by atoms with Crippen LogP contribution in [0.3, 0.4) is 0 Å². The van der Waals surface area contributed by atoms with Gasteiger partial charge in [0, 0.05) is 45.1 Å². The molecule has 0 radical (unpaired) electrons. The summed E-state index contributed by atoms with van der Waals surface area (Å²) in [7, 11) is 2.09. The molecule has 1 N–H and O–H groups in total. The number of carbonyl (C=O) groups is 1. The van der Waals surface area contributed by atoms with E-state index in [1.54, 1.807) is 12.4 Å². The second kappa shape index (κ2) is 8.62. The minimum Gasteiger partial charge on any atom is -0.384 e. The molecule has 132 valence electrons. The zero-order valence-corrected chi connectivity index (χ0v) is 14.8. The molecule has 0 saturated carbocycles. The van der Waals surface area contributed by atoms with Crippen LogP contribution in [0.25, 0.3) is 0 Å². The fourth-order valence-corrected chi connectivity index (χ4v) is 3.02. The van der Waals surface area contributed by atoms with Gasteiger partial charge in [0.15, 0.2) is 0 Å². The Morgan fingerprint density at radius 1 is 1.12 bits per heavy atom. The van der Waals surface area contributed by atoms with Crippen molar-refractivity contribution in [3.05, 3.63) is 59.9 Å². The molecule has 0 aliphatic carbocycles. The minimum absolute atomic E-state index is 0.0773. The number of piperazine rings is 1. The molecule has 1 amide bonds. The van der Waals surface area contributed by atoms with Gasteiger partial charge in [-0.15, -0.1) is 0 Å². The number of aryl methyl sites for hydroxylation is 1. The molecule has 1 saturated heterocycles. The quantitative estimate of drug-likeness (QED) is 0.822. The van der Waals surface area contributed by atoms with Crippen molar-refractivity contribution in [1.82, 2.24) is 14.8 Å². The van der Waals surface area contributed by atoms with Gasteiger partial charge in [-0.2, -0.15) is 0 Å². The molecule has 1 aromatic heterocycles. The highest BCUT2D eigenvalue weighted by Crippen LogP contribution is 2.13. The molecule has 5 nitrogen and oxygen atoms in total. The van der Waals surface area contributed by atoms with Gasteiger partial charge in [-0.3, -0.25) is 9.78 Å². The van der Waals surface area contributed by atoms with Crippen LogP contribution in [0.5, 0.6) is 0 Å². The van der Waals surface area contributed by atoms with E-state index in [1.165, 1.54) is 5.56 Å². The zero-order chi connectivity index (χ0) is 17.5. The number of pyridine rings is 1. The molecule has 3 rings (SSSR count). The lowest BCUT2D eigenvalue weighted by atomic mass is 10.1. The molecule has 0 bridgehead atoms. The zero-order valence-electron chi connectivity index (χ0n) is 14.8. The van der Waals surface area contributed by atoms with Crippen LogP contribution in [0.15, 0.2) is 48.8 Å². The molecule has 2 heterocycles. The van der Waals surface area contributed by atoms with E-state index < -0.39 is 0 Å². The normalized spacial score (nSPS) is 15.2. The van der Waals surface area contributed by atoms with E-state index >= 15 is 0 Å². The maximum Gasteiger partial charge on any atom is 0.255 e. The van der Waals surface area contributed by atoms with E-state index in [-0.39, 0.29) is 5.91 Å². The van der Waals surface area contributed by atoms with Crippen molar-refractivity contribution in [1.29, 1.82) is 0 Å². The second-order valence-electron chi connectivity index (χ2n) is 6.57. The van der Waals surface area contributed by atoms with E-state index in [0.717, 1.165) is 51.3 Å². The Balaban J connectivity index is 1.50. The van der Waals surface area contributed by atoms with Crippen molar-refractivity contribution in [2.24, 2.45) is 0 Å². The SMILES string of the molecule is CN1CCN(C(=O)c2cncc(NCCCc3ccccc3)c2)CC1. The van der Waals surface area contributed by atoms with Crippen LogP contribution in [0.1, 0.15) is 22.3 Å². The van der Waals surface area contributed by atoms with Crippen LogP contribution < -0.4 is 5.32 Å². The number of amides is 1. The average Bonchev–Trinajstić information content (AvgIpc) is 2.66. The largest absolute Gasteiger partial charge is 0.384 e. The molecule has 0 unspecified atom stereocenters. The number of aromatic nitrogens is 1. The van der Waals surface area contributed by atoms with Crippen LogP contribution in [0.4, 0.5) is 5.69 Å². The van der Waals surface area contributed by atoms with Crippen LogP contribution in [0.2, 0.25) is 0 Å². The topological polar surface area (TPSA) is 48.5 Å². The smallest absolute Gasteiger partial charge is 0.255 e. The van der Waals surface area contributed by atoms with E-state index in [9.17, 15) is 4.79 Å². The fourth-order valence-electron chi connectivity index (χ4n) is 3.02. The number of hydrogen-bond acceptors (Lipinski definition) is 4. The van der Waals surface area contributed by atoms with Crippen molar-refractivity contribution in [2.75, 3.05) is 45.1 Å². The highest BCUT2D eigenvalue weighted by Gasteiger charge is 2.20. The Bertz CT molecular complexity index is 681. The maximum atomic E-state index is 12.6. The Hall–Kier alpha value is -2.40. The van der Waals surface area contributed by atoms with Crippen LogP contribution in [-0.2, 0) is 6.42 Å². The van der Waals surface area contributed by atoms with Crippen LogP contribution in [-0.4, -0.2) is 60.5 Å². The molecule has 1 aliphatic rings. The number of hydrogen-bond donors (Lipinski definition) is 1. The lowest BCUT2D eigenvalue weighted by molar-refractivity contribution is 0.0663. The molecule has 25 heavy (non-hydrogen) atoms. The summed E-state index contributed by atoms with van der Waals surface area (Å²) in [6, 6.07) is 12.4. The monoisotopic (exact) mass is 338 g/mol. The first kappa shape index (κ1) is 17.4. The fraction of sp³-hybridized carbons (Fsp3) is 0.400. The number of benzene rings is 1. The van der Waals surface area contributed by atoms with E-state index in [4.69, 9.17) is 0 Å². The van der Waals surface area contributed by atoms with E-state index in [2.05, 4.69) is 46.5 Å². The molecule has 0 spiro atoms. The molecule has 1 aromatic carbocycles. The third-order valence-corrected chi connectivity index (χ3v) is 4.59. The number of nitrogens with one attached hydrogen (secondary N) is 1. The molecular weight excluding hydrogens is 312 g/mol. The second-order valence-corrected chi connectivity index (χ2v) is 6.57. The Morgan fingerprint density at radius 3 is 2.64 bits per heavy atom. The molecule has 2 aromatic rings. The summed E-state index contributed by atoms with van der Waals surface area (Å²) in [5, 5.41) is 3.38. The minimum atomic E-state index is 0.0773. The van der Waals surface area contributed by atoms with Crippen molar-refractivity contribution in [3.63, 3.8) is 0 Å². The number of rotatable bonds is 6. The van der Waals surface area contributed by atoms with Gasteiger partial charge in [-0.05, 0) is 31.5 Å². The summed E-state index contributed by atoms with van der Waals surface area (Å²) in [6.07, 6.45) is 5.53. The molecule has 1 fully saturated rings. The number of nitrogens with zero attached hydrogens (tertiary/aromatic N) is 3. The Morgan fingerprint density at radius 2 is 1.88 bits per heavy atom. The Labute approximate surface area is 149 Å².